The number of benzene rings is 2. The van der Waals surface area contributed by atoms with Gasteiger partial charge in [-0.2, -0.15) is 4.31 Å². The summed E-state index contributed by atoms with van der Waals surface area (Å²) in [7, 11) is -3.63. The van der Waals surface area contributed by atoms with Crippen molar-refractivity contribution in [2.75, 3.05) is 39.3 Å². The van der Waals surface area contributed by atoms with E-state index in [1.54, 1.807) is 0 Å². The first-order chi connectivity index (χ1) is 12.4. The molecule has 2 aromatic carbocycles. The minimum Gasteiger partial charge on any atom is -0.488 e. The molecule has 140 valence electrons. The molecule has 0 saturated carbocycles. The van der Waals surface area contributed by atoms with Gasteiger partial charge in [0.25, 0.3) is 0 Å². The minimum atomic E-state index is -3.63. The standard InChI is InChI=1S/C19H23FN2O3S/c1-16-4-2-6-18(14-16)25-13-12-21-8-10-22(11-9-21)26(23,24)19-7-3-5-17(20)15-19/h2-7,14-15H,8-13H2,1H3/p+1. The number of sulfonamides is 1. The van der Waals surface area contributed by atoms with Gasteiger partial charge in [0.05, 0.1) is 31.1 Å². The molecule has 0 spiro atoms. The number of quaternary nitrogens is 1. The number of ether oxygens (including phenoxy) is 1. The Labute approximate surface area is 154 Å². The third-order valence-corrected chi connectivity index (χ3v) is 6.47. The Bertz CT molecular complexity index is 849. The molecule has 7 heteroatoms. The Hall–Kier alpha value is -1.96. The van der Waals surface area contributed by atoms with Crippen LogP contribution in [0.5, 0.6) is 5.75 Å². The van der Waals surface area contributed by atoms with Crippen molar-refractivity contribution >= 4 is 10.0 Å². The smallest absolute Gasteiger partial charge is 0.243 e. The van der Waals surface area contributed by atoms with Crippen molar-refractivity contribution in [1.82, 2.24) is 4.31 Å². The molecule has 0 aromatic heterocycles. The first-order valence-electron chi connectivity index (χ1n) is 8.74. The largest absolute Gasteiger partial charge is 0.488 e. The molecule has 0 radical (unpaired) electrons. The van der Waals surface area contributed by atoms with Gasteiger partial charge in [0.2, 0.25) is 10.0 Å². The summed E-state index contributed by atoms with van der Waals surface area (Å²) < 4.78 is 45.7. The summed E-state index contributed by atoms with van der Waals surface area (Å²) in [5.74, 6) is 0.320. The quantitative estimate of drug-likeness (QED) is 0.818. The lowest BCUT2D eigenvalue weighted by Gasteiger charge is -2.31. The Morgan fingerprint density at radius 1 is 1.12 bits per heavy atom. The van der Waals surface area contributed by atoms with Gasteiger partial charge in [-0.25, -0.2) is 12.8 Å². The SMILES string of the molecule is Cc1cccc(OCC[NH+]2CCN(S(=O)(=O)c3cccc(F)c3)CC2)c1. The molecule has 1 fully saturated rings. The lowest BCUT2D eigenvalue weighted by Crippen LogP contribution is -3.15. The predicted molar refractivity (Wildman–Crippen MR) is 97.4 cm³/mol. The van der Waals surface area contributed by atoms with E-state index in [4.69, 9.17) is 4.74 Å². The summed E-state index contributed by atoms with van der Waals surface area (Å²) in [6.45, 7) is 5.72. The molecule has 1 aliphatic heterocycles. The molecule has 0 amide bonds. The molecule has 0 atom stereocenters. The molecule has 0 aliphatic carbocycles. The highest BCUT2D eigenvalue weighted by molar-refractivity contribution is 7.89. The molecule has 1 heterocycles. The van der Waals surface area contributed by atoms with Gasteiger partial charge in [-0.1, -0.05) is 18.2 Å². The van der Waals surface area contributed by atoms with Crippen LogP contribution in [0.3, 0.4) is 0 Å². The molecule has 2 aromatic rings. The van der Waals surface area contributed by atoms with Crippen LogP contribution in [0.1, 0.15) is 5.56 Å². The van der Waals surface area contributed by atoms with Crippen molar-refractivity contribution in [3.05, 3.63) is 59.9 Å². The van der Waals surface area contributed by atoms with Crippen molar-refractivity contribution < 1.29 is 22.4 Å². The number of aryl methyl sites for hydroxylation is 1. The normalized spacial score (nSPS) is 16.5. The van der Waals surface area contributed by atoms with E-state index in [2.05, 4.69) is 0 Å². The summed E-state index contributed by atoms with van der Waals surface area (Å²) >= 11 is 0. The van der Waals surface area contributed by atoms with Gasteiger partial charge in [-0.15, -0.1) is 0 Å². The maximum absolute atomic E-state index is 13.3. The van der Waals surface area contributed by atoms with Crippen molar-refractivity contribution in [3.63, 3.8) is 0 Å². The maximum atomic E-state index is 13.3. The molecule has 5 nitrogen and oxygen atoms in total. The molecule has 3 rings (SSSR count). The fourth-order valence-corrected chi connectivity index (χ4v) is 4.56. The Morgan fingerprint density at radius 3 is 2.54 bits per heavy atom. The summed E-state index contributed by atoms with van der Waals surface area (Å²) in [5.41, 5.74) is 1.16. The summed E-state index contributed by atoms with van der Waals surface area (Å²) in [6, 6.07) is 13.1. The van der Waals surface area contributed by atoms with Gasteiger partial charge in [-0.3, -0.25) is 0 Å². The van der Waals surface area contributed by atoms with Crippen molar-refractivity contribution in [1.29, 1.82) is 0 Å². The van der Waals surface area contributed by atoms with E-state index >= 15 is 0 Å². The highest BCUT2D eigenvalue weighted by Gasteiger charge is 2.30. The molecule has 0 unspecified atom stereocenters. The van der Waals surface area contributed by atoms with E-state index in [1.807, 2.05) is 31.2 Å². The third kappa shape index (κ3) is 4.60. The van der Waals surface area contributed by atoms with Crippen LogP contribution < -0.4 is 9.64 Å². The Kier molecular flexibility index (Phi) is 5.90. The Morgan fingerprint density at radius 2 is 1.85 bits per heavy atom. The molecule has 0 bridgehead atoms. The fourth-order valence-electron chi connectivity index (χ4n) is 3.09. The topological polar surface area (TPSA) is 51.1 Å². The average Bonchev–Trinajstić information content (AvgIpc) is 2.62. The number of halogens is 1. The highest BCUT2D eigenvalue weighted by Crippen LogP contribution is 2.16. The van der Waals surface area contributed by atoms with Gasteiger partial charge >= 0.3 is 0 Å². The maximum Gasteiger partial charge on any atom is 0.243 e. The molecule has 1 saturated heterocycles. The summed E-state index contributed by atoms with van der Waals surface area (Å²) in [6.07, 6.45) is 0. The van der Waals surface area contributed by atoms with Crippen molar-refractivity contribution in [2.24, 2.45) is 0 Å². The number of nitrogens with one attached hydrogen (secondary N) is 1. The van der Waals surface area contributed by atoms with Crippen LogP contribution >= 0.6 is 0 Å². The van der Waals surface area contributed by atoms with E-state index in [9.17, 15) is 12.8 Å². The zero-order chi connectivity index (χ0) is 18.6. The summed E-state index contributed by atoms with van der Waals surface area (Å²) in [5, 5.41) is 0. The van der Waals surface area contributed by atoms with E-state index in [-0.39, 0.29) is 4.90 Å². The van der Waals surface area contributed by atoms with Crippen molar-refractivity contribution in [2.45, 2.75) is 11.8 Å². The average molecular weight is 379 g/mol. The lowest BCUT2D eigenvalue weighted by molar-refractivity contribution is -0.903. The van der Waals surface area contributed by atoms with E-state index < -0.39 is 15.8 Å². The second-order valence-corrected chi connectivity index (χ2v) is 8.46. The van der Waals surface area contributed by atoms with Crippen LogP contribution in [-0.2, 0) is 10.0 Å². The highest BCUT2D eigenvalue weighted by atomic mass is 32.2. The van der Waals surface area contributed by atoms with E-state index in [1.165, 1.54) is 27.4 Å². The van der Waals surface area contributed by atoms with Crippen LogP contribution in [0.2, 0.25) is 0 Å². The van der Waals surface area contributed by atoms with Gasteiger partial charge < -0.3 is 9.64 Å². The third-order valence-electron chi connectivity index (χ3n) is 4.58. The second kappa shape index (κ2) is 8.16. The zero-order valence-electron chi connectivity index (χ0n) is 14.8. The van der Waals surface area contributed by atoms with Crippen molar-refractivity contribution in [3.8, 4) is 5.75 Å². The summed E-state index contributed by atoms with van der Waals surface area (Å²) in [4.78, 5) is 1.33. The molecular weight excluding hydrogens is 355 g/mol. The molecule has 26 heavy (non-hydrogen) atoms. The lowest BCUT2D eigenvalue weighted by atomic mass is 10.2. The monoisotopic (exact) mass is 379 g/mol. The molecular formula is C19H24FN2O3S+. The van der Waals surface area contributed by atoms with Crippen LogP contribution in [-0.4, -0.2) is 52.1 Å². The zero-order valence-corrected chi connectivity index (χ0v) is 15.6. The predicted octanol–water partition coefficient (Wildman–Crippen LogP) is 1.10. The van der Waals surface area contributed by atoms with E-state index in [0.717, 1.165) is 23.9 Å². The van der Waals surface area contributed by atoms with Gasteiger partial charge in [0.15, 0.2) is 0 Å². The van der Waals surface area contributed by atoms with Gasteiger partial charge in [0, 0.05) is 0 Å². The van der Waals surface area contributed by atoms with Crippen LogP contribution in [0, 0.1) is 12.7 Å². The van der Waals surface area contributed by atoms with Gasteiger partial charge in [-0.05, 0) is 42.8 Å². The minimum absolute atomic E-state index is 0.0173. The number of hydrogen-bond donors (Lipinski definition) is 1. The number of hydrogen-bond acceptors (Lipinski definition) is 3. The first-order valence-corrected chi connectivity index (χ1v) is 10.2. The van der Waals surface area contributed by atoms with Crippen LogP contribution in [0.15, 0.2) is 53.4 Å². The molecule has 1 N–H and O–H groups in total. The first kappa shape index (κ1) is 18.8. The van der Waals surface area contributed by atoms with Crippen LogP contribution in [0.4, 0.5) is 4.39 Å². The number of nitrogens with zero attached hydrogens (tertiary/aromatic N) is 1. The van der Waals surface area contributed by atoms with Crippen LogP contribution in [0.25, 0.3) is 0 Å². The Balaban J connectivity index is 1.49. The number of piperazine rings is 1. The van der Waals surface area contributed by atoms with Gasteiger partial charge in [0.1, 0.15) is 24.7 Å². The molecule has 1 aliphatic rings. The number of rotatable bonds is 6. The fraction of sp³-hybridized carbons (Fsp3) is 0.368. The van der Waals surface area contributed by atoms with E-state index in [0.29, 0.717) is 32.8 Å². The second-order valence-electron chi connectivity index (χ2n) is 6.53.